The van der Waals surface area contributed by atoms with Crippen LogP contribution in [0.25, 0.3) is 0 Å². The van der Waals surface area contributed by atoms with E-state index in [1.54, 1.807) is 4.90 Å². The molecule has 0 atom stereocenters. The van der Waals surface area contributed by atoms with Crippen molar-refractivity contribution in [2.75, 3.05) is 11.4 Å². The number of ether oxygens (including phenoxy) is 1. The Bertz CT molecular complexity index is 909. The Morgan fingerprint density at radius 3 is 2.96 bits per heavy atom. The molecular weight excluding hydrogens is 384 g/mol. The number of amides is 1. The van der Waals surface area contributed by atoms with Crippen LogP contribution in [0, 0.1) is 6.92 Å². The summed E-state index contributed by atoms with van der Waals surface area (Å²) in [6.45, 7) is 6.30. The topological polar surface area (TPSA) is 81.4 Å². The van der Waals surface area contributed by atoms with Gasteiger partial charge in [-0.1, -0.05) is 23.9 Å². The van der Waals surface area contributed by atoms with Crippen molar-refractivity contribution in [3.05, 3.63) is 46.8 Å². The van der Waals surface area contributed by atoms with Gasteiger partial charge in [-0.05, 0) is 31.5 Å². The van der Waals surface area contributed by atoms with Crippen molar-refractivity contribution in [3.63, 3.8) is 0 Å². The van der Waals surface area contributed by atoms with Gasteiger partial charge in [-0.25, -0.2) is 4.98 Å². The minimum atomic E-state index is -0.0128. The van der Waals surface area contributed by atoms with E-state index in [2.05, 4.69) is 15.2 Å². The summed E-state index contributed by atoms with van der Waals surface area (Å²) in [7, 11) is 0. The number of hydrogen-bond donors (Lipinski definition) is 0. The van der Waals surface area contributed by atoms with Crippen LogP contribution in [-0.4, -0.2) is 27.6 Å². The van der Waals surface area contributed by atoms with E-state index in [9.17, 15) is 4.79 Å². The van der Waals surface area contributed by atoms with E-state index < -0.39 is 0 Å². The molecule has 2 heterocycles. The highest BCUT2D eigenvalue weighted by Crippen LogP contribution is 2.26. The second-order valence-corrected chi connectivity index (χ2v) is 7.50. The average Bonchev–Trinajstić information content (AvgIpc) is 3.28. The second-order valence-electron chi connectivity index (χ2n) is 5.74. The van der Waals surface area contributed by atoms with Gasteiger partial charge in [0.1, 0.15) is 5.75 Å². The molecule has 0 unspecified atom stereocenters. The van der Waals surface area contributed by atoms with E-state index >= 15 is 0 Å². The lowest BCUT2D eigenvalue weighted by Gasteiger charge is -2.14. The molecule has 0 N–H and O–H groups in total. The zero-order valence-corrected chi connectivity index (χ0v) is 17.0. The fraction of sp³-hybridized carbons (Fsp3) is 0.333. The molecule has 0 aliphatic heterocycles. The number of anilines is 1. The number of nitrogens with zero attached hydrogens (tertiary/aromatic N) is 4. The minimum Gasteiger partial charge on any atom is -0.484 e. The van der Waals surface area contributed by atoms with Gasteiger partial charge < -0.3 is 9.15 Å². The molecule has 0 fully saturated rings. The quantitative estimate of drug-likeness (QED) is 0.523. The van der Waals surface area contributed by atoms with Crippen molar-refractivity contribution in [3.8, 4) is 5.75 Å². The monoisotopic (exact) mass is 404 g/mol. The summed E-state index contributed by atoms with van der Waals surface area (Å²) in [6.07, 6.45) is 0. The van der Waals surface area contributed by atoms with E-state index in [-0.39, 0.29) is 12.5 Å². The Hall–Kier alpha value is -2.39. The second kappa shape index (κ2) is 9.01. The van der Waals surface area contributed by atoms with Crippen LogP contribution in [0.4, 0.5) is 5.13 Å². The molecule has 0 bridgehead atoms. The number of carbonyl (C=O) groups excluding carboxylic acids is 1. The summed E-state index contributed by atoms with van der Waals surface area (Å²) in [4.78, 5) is 17.7. The van der Waals surface area contributed by atoms with Crippen LogP contribution in [0.15, 0.2) is 39.3 Å². The Morgan fingerprint density at radius 1 is 1.37 bits per heavy atom. The van der Waals surface area contributed by atoms with Crippen molar-refractivity contribution in [1.82, 2.24) is 15.2 Å². The number of hydrogen-bond acceptors (Lipinski definition) is 8. The van der Waals surface area contributed by atoms with Crippen LogP contribution in [-0.2, 0) is 17.2 Å². The van der Waals surface area contributed by atoms with Crippen molar-refractivity contribution in [2.45, 2.75) is 38.4 Å². The summed E-state index contributed by atoms with van der Waals surface area (Å²) < 4.78 is 11.3. The summed E-state index contributed by atoms with van der Waals surface area (Å²) in [5.41, 5.74) is 2.00. The lowest BCUT2D eigenvalue weighted by Crippen LogP contribution is -2.27. The third kappa shape index (κ3) is 5.30. The molecule has 0 aliphatic rings. The zero-order chi connectivity index (χ0) is 19.2. The summed E-state index contributed by atoms with van der Waals surface area (Å²) in [5, 5.41) is 11.1. The predicted octanol–water partition coefficient (Wildman–Crippen LogP) is 4.08. The van der Waals surface area contributed by atoms with Crippen LogP contribution in [0.2, 0.25) is 0 Å². The van der Waals surface area contributed by atoms with Gasteiger partial charge in [-0.2, -0.15) is 0 Å². The highest BCUT2D eigenvalue weighted by molar-refractivity contribution is 7.98. The SMILES string of the molecule is CCN(C(C)=O)c1nc(CSc2nnc(COc3cccc(C)c3)o2)cs1. The first-order valence-corrected chi connectivity index (χ1v) is 10.3. The molecule has 0 aliphatic carbocycles. The third-order valence-corrected chi connectivity index (χ3v) is 5.38. The molecule has 7 nitrogen and oxygen atoms in total. The van der Waals surface area contributed by atoms with Gasteiger partial charge in [0.15, 0.2) is 11.7 Å². The smallest absolute Gasteiger partial charge is 0.277 e. The molecule has 0 radical (unpaired) electrons. The molecule has 0 spiro atoms. The Balaban J connectivity index is 1.52. The van der Waals surface area contributed by atoms with E-state index in [0.29, 0.717) is 28.5 Å². The van der Waals surface area contributed by atoms with E-state index in [1.807, 2.05) is 43.5 Å². The fourth-order valence-electron chi connectivity index (χ4n) is 2.32. The molecule has 142 valence electrons. The van der Waals surface area contributed by atoms with Crippen molar-refractivity contribution in [1.29, 1.82) is 0 Å². The fourth-order valence-corrected chi connectivity index (χ4v) is 4.03. The third-order valence-electron chi connectivity index (χ3n) is 3.61. The first-order chi connectivity index (χ1) is 13.0. The number of rotatable bonds is 8. The van der Waals surface area contributed by atoms with Crippen LogP contribution < -0.4 is 9.64 Å². The first-order valence-electron chi connectivity index (χ1n) is 8.42. The summed E-state index contributed by atoms with van der Waals surface area (Å²) >= 11 is 2.86. The molecule has 2 aromatic heterocycles. The molecule has 0 saturated heterocycles. The van der Waals surface area contributed by atoms with Gasteiger partial charge in [0.05, 0.1) is 5.69 Å². The number of carbonyl (C=O) groups is 1. The molecule has 3 rings (SSSR count). The van der Waals surface area contributed by atoms with Gasteiger partial charge in [-0.3, -0.25) is 9.69 Å². The van der Waals surface area contributed by atoms with E-state index in [1.165, 1.54) is 30.0 Å². The first kappa shape index (κ1) is 19.4. The standard InChI is InChI=1S/C18H20N4O3S2/c1-4-22(13(3)23)17-19-14(10-26-17)11-27-18-21-20-16(25-18)9-24-15-7-5-6-12(2)8-15/h5-8,10H,4,9,11H2,1-3H3. The summed E-state index contributed by atoms with van der Waals surface area (Å²) in [5.74, 6) is 1.77. The molecule has 27 heavy (non-hydrogen) atoms. The average molecular weight is 405 g/mol. The number of aryl methyl sites for hydroxylation is 1. The Kier molecular flexibility index (Phi) is 6.46. The van der Waals surface area contributed by atoms with Gasteiger partial charge >= 0.3 is 0 Å². The van der Waals surface area contributed by atoms with Crippen molar-refractivity contribution in [2.24, 2.45) is 0 Å². The normalized spacial score (nSPS) is 10.8. The van der Waals surface area contributed by atoms with Gasteiger partial charge in [-0.15, -0.1) is 21.5 Å². The van der Waals surface area contributed by atoms with Gasteiger partial charge in [0, 0.05) is 24.6 Å². The minimum absolute atomic E-state index is 0.0128. The lowest BCUT2D eigenvalue weighted by atomic mass is 10.2. The Morgan fingerprint density at radius 2 is 2.22 bits per heavy atom. The predicted molar refractivity (Wildman–Crippen MR) is 105 cm³/mol. The Labute approximate surface area is 165 Å². The van der Waals surface area contributed by atoms with E-state index in [4.69, 9.17) is 9.15 Å². The van der Waals surface area contributed by atoms with Gasteiger partial charge in [0.25, 0.3) is 11.1 Å². The number of benzene rings is 1. The molecule has 1 amide bonds. The highest BCUT2D eigenvalue weighted by atomic mass is 32.2. The van der Waals surface area contributed by atoms with Gasteiger partial charge in [0.2, 0.25) is 5.91 Å². The maximum atomic E-state index is 11.6. The van der Waals surface area contributed by atoms with Crippen molar-refractivity contribution < 1.29 is 13.9 Å². The number of thiazole rings is 1. The largest absolute Gasteiger partial charge is 0.484 e. The van der Waals surface area contributed by atoms with Crippen molar-refractivity contribution >= 4 is 34.1 Å². The zero-order valence-electron chi connectivity index (χ0n) is 15.3. The van der Waals surface area contributed by atoms with Crippen LogP contribution in [0.1, 0.15) is 31.0 Å². The molecular formula is C18H20N4O3S2. The highest BCUT2D eigenvalue weighted by Gasteiger charge is 2.14. The van der Waals surface area contributed by atoms with Crippen LogP contribution in [0.5, 0.6) is 5.75 Å². The lowest BCUT2D eigenvalue weighted by molar-refractivity contribution is -0.116. The molecule has 9 heteroatoms. The number of aromatic nitrogens is 3. The van der Waals surface area contributed by atoms with Crippen LogP contribution in [0.3, 0.4) is 0 Å². The van der Waals surface area contributed by atoms with E-state index in [0.717, 1.165) is 17.0 Å². The molecule has 1 aromatic carbocycles. The maximum absolute atomic E-state index is 11.6. The number of thioether (sulfide) groups is 1. The molecule has 0 saturated carbocycles. The summed E-state index contributed by atoms with van der Waals surface area (Å²) in [6, 6.07) is 7.79. The molecule has 3 aromatic rings. The van der Waals surface area contributed by atoms with Crippen LogP contribution >= 0.6 is 23.1 Å². The maximum Gasteiger partial charge on any atom is 0.277 e.